The summed E-state index contributed by atoms with van der Waals surface area (Å²) in [6, 6.07) is 9.40. The Morgan fingerprint density at radius 3 is 2.40 bits per heavy atom. The number of aromatic nitrogens is 2. The third-order valence-electron chi connectivity index (χ3n) is 10.9. The number of carbonyl (C=O) groups excluding carboxylic acids is 3. The van der Waals surface area contributed by atoms with Crippen LogP contribution in [0.2, 0.25) is 0 Å². The van der Waals surface area contributed by atoms with Crippen molar-refractivity contribution in [2.45, 2.75) is 78.0 Å². The maximum atomic E-state index is 13.9. The Morgan fingerprint density at radius 2 is 1.73 bits per heavy atom. The molecular formula is C35H49N5O5. The zero-order valence-electron chi connectivity index (χ0n) is 27.0. The van der Waals surface area contributed by atoms with E-state index in [0.29, 0.717) is 44.3 Å². The van der Waals surface area contributed by atoms with Gasteiger partial charge in [-0.25, -0.2) is 0 Å². The van der Waals surface area contributed by atoms with Crippen molar-refractivity contribution in [3.05, 3.63) is 53.9 Å². The molecule has 2 aliphatic heterocycles. The van der Waals surface area contributed by atoms with Crippen molar-refractivity contribution >= 4 is 17.7 Å². The van der Waals surface area contributed by atoms with E-state index in [9.17, 15) is 19.5 Å². The second-order valence-electron chi connectivity index (χ2n) is 14.8. The molecule has 2 N–H and O–H groups in total. The van der Waals surface area contributed by atoms with E-state index in [1.54, 1.807) is 22.0 Å². The minimum Gasteiger partial charge on any atom is -0.394 e. The van der Waals surface area contributed by atoms with Crippen molar-refractivity contribution in [3.8, 4) is 0 Å². The lowest BCUT2D eigenvalue weighted by Crippen LogP contribution is -2.65. The van der Waals surface area contributed by atoms with Gasteiger partial charge in [-0.05, 0) is 43.1 Å². The highest BCUT2D eigenvalue weighted by atomic mass is 16.5. The molecule has 244 valence electrons. The van der Waals surface area contributed by atoms with Crippen molar-refractivity contribution < 1.29 is 24.2 Å². The molecule has 6 rings (SSSR count). The molecule has 3 amide bonds. The molecule has 10 heteroatoms. The molecular weight excluding hydrogens is 570 g/mol. The Hall–Kier alpha value is -3.24. The van der Waals surface area contributed by atoms with Gasteiger partial charge in [0.1, 0.15) is 0 Å². The van der Waals surface area contributed by atoms with Gasteiger partial charge in [0.25, 0.3) is 5.91 Å². The fourth-order valence-corrected chi connectivity index (χ4v) is 7.65. The highest BCUT2D eigenvalue weighted by Gasteiger charge is 2.62. The molecule has 3 heterocycles. The average Bonchev–Trinajstić information content (AvgIpc) is 3.33. The topological polar surface area (TPSA) is 117 Å². The number of hydrogen-bond acceptors (Lipinski definition) is 6. The van der Waals surface area contributed by atoms with Crippen LogP contribution in [0.1, 0.15) is 75.2 Å². The molecule has 4 aliphatic rings. The molecule has 45 heavy (non-hydrogen) atoms. The van der Waals surface area contributed by atoms with Gasteiger partial charge in [0.15, 0.2) is 0 Å². The predicted octanol–water partition coefficient (Wildman–Crippen LogP) is 3.34. The molecule has 2 saturated carbocycles. The predicted molar refractivity (Wildman–Crippen MR) is 169 cm³/mol. The molecule has 1 aromatic carbocycles. The molecule has 1 spiro atoms. The first-order valence-electron chi connectivity index (χ1n) is 16.8. The first-order chi connectivity index (χ1) is 21.6. The summed E-state index contributed by atoms with van der Waals surface area (Å²) >= 11 is 0. The smallest absolute Gasteiger partial charge is 0.257 e. The summed E-state index contributed by atoms with van der Waals surface area (Å²) in [6.45, 7) is 8.63. The SMILES string of the molecule is C[C@@H](OCC1CCCCC1)[C@@H](CO)NC(=O)[C@H]1CN(C(=O)c2cnn(Cc3ccccc3)c2)CC12CN(C(=O)[C@H]1CC1(C)C)C2. The van der Waals surface area contributed by atoms with Crippen molar-refractivity contribution in [2.24, 2.45) is 28.6 Å². The number of rotatable bonds is 11. The minimum absolute atomic E-state index is 0.0241. The fraction of sp³-hybridized carbons (Fsp3) is 0.657. The normalized spacial score (nSPS) is 25.1. The Bertz CT molecular complexity index is 1360. The molecule has 1 aromatic heterocycles. The summed E-state index contributed by atoms with van der Waals surface area (Å²) < 4.78 is 7.90. The zero-order chi connectivity index (χ0) is 31.8. The van der Waals surface area contributed by atoms with Crippen molar-refractivity contribution in [2.75, 3.05) is 39.4 Å². The van der Waals surface area contributed by atoms with Gasteiger partial charge >= 0.3 is 0 Å². The summed E-state index contributed by atoms with van der Waals surface area (Å²) in [4.78, 5) is 44.5. The van der Waals surface area contributed by atoms with Crippen LogP contribution in [0.15, 0.2) is 42.7 Å². The van der Waals surface area contributed by atoms with Gasteiger partial charge in [-0.3, -0.25) is 19.1 Å². The van der Waals surface area contributed by atoms with E-state index in [0.717, 1.165) is 24.8 Å². The third-order valence-corrected chi connectivity index (χ3v) is 10.9. The summed E-state index contributed by atoms with van der Waals surface area (Å²) in [6.07, 6.45) is 9.95. The quantitative estimate of drug-likeness (QED) is 0.399. The Kier molecular flexibility index (Phi) is 9.07. The van der Waals surface area contributed by atoms with Crippen LogP contribution in [0.3, 0.4) is 0 Å². The van der Waals surface area contributed by atoms with Crippen molar-refractivity contribution in [1.29, 1.82) is 0 Å². The van der Waals surface area contributed by atoms with Gasteiger partial charge in [-0.1, -0.05) is 63.4 Å². The lowest BCUT2D eigenvalue weighted by molar-refractivity contribution is -0.152. The molecule has 0 bridgehead atoms. The van der Waals surface area contributed by atoms with Crippen molar-refractivity contribution in [3.63, 3.8) is 0 Å². The monoisotopic (exact) mass is 619 g/mol. The van der Waals surface area contributed by atoms with Gasteiger partial charge in [-0.2, -0.15) is 5.10 Å². The lowest BCUT2D eigenvalue weighted by atomic mass is 9.70. The van der Waals surface area contributed by atoms with Gasteiger partial charge in [0.2, 0.25) is 11.8 Å². The van der Waals surface area contributed by atoms with E-state index in [1.165, 1.54) is 19.3 Å². The highest BCUT2D eigenvalue weighted by Crippen LogP contribution is 2.54. The van der Waals surface area contributed by atoms with Crippen LogP contribution in [0.4, 0.5) is 0 Å². The second-order valence-corrected chi connectivity index (χ2v) is 14.8. The molecule has 2 saturated heterocycles. The third kappa shape index (κ3) is 6.82. The van der Waals surface area contributed by atoms with E-state index < -0.39 is 17.4 Å². The fourth-order valence-electron chi connectivity index (χ4n) is 7.65. The molecule has 2 aliphatic carbocycles. The number of carbonyl (C=O) groups is 3. The van der Waals surface area contributed by atoms with E-state index in [4.69, 9.17) is 4.74 Å². The lowest BCUT2D eigenvalue weighted by Gasteiger charge is -2.50. The highest BCUT2D eigenvalue weighted by molar-refractivity contribution is 5.95. The summed E-state index contributed by atoms with van der Waals surface area (Å²) in [7, 11) is 0. The first-order valence-corrected chi connectivity index (χ1v) is 16.8. The largest absolute Gasteiger partial charge is 0.394 e. The second kappa shape index (κ2) is 12.9. The number of aliphatic hydroxyl groups is 1. The number of aliphatic hydroxyl groups excluding tert-OH is 1. The summed E-state index contributed by atoms with van der Waals surface area (Å²) in [5, 5.41) is 17.7. The van der Waals surface area contributed by atoms with E-state index in [2.05, 4.69) is 24.3 Å². The standard InChI is InChI=1S/C35H49N5O5/c1-24(45-20-26-12-8-5-9-13-26)30(19-41)37-31(42)29-18-38(21-35(29)22-39(23-35)33(44)28-14-34(28,2)3)32(43)27-15-36-40(17-27)16-25-10-6-4-7-11-25/h4,6-7,10-11,15,17,24,26,28-30,41H,5,8-9,12-14,16,18-23H2,1-3H3,(H,37,42)/t24-,28-,29-,30-/m1/s1. The molecule has 4 fully saturated rings. The molecule has 0 unspecified atom stereocenters. The number of ether oxygens (including phenoxy) is 1. The van der Waals surface area contributed by atoms with Crippen LogP contribution in [-0.2, 0) is 20.9 Å². The number of likely N-dealkylation sites (tertiary alicyclic amines) is 2. The van der Waals surface area contributed by atoms with Gasteiger partial charge < -0.3 is 25.0 Å². The Labute approximate surface area is 266 Å². The molecule has 2 aromatic rings. The number of hydrogen-bond donors (Lipinski definition) is 2. The van der Waals surface area contributed by atoms with Gasteiger partial charge in [0.05, 0.1) is 43.0 Å². The van der Waals surface area contributed by atoms with Gasteiger partial charge in [0, 0.05) is 50.3 Å². The Morgan fingerprint density at radius 1 is 1.04 bits per heavy atom. The Balaban J connectivity index is 1.13. The van der Waals surface area contributed by atoms with Crippen LogP contribution in [0.5, 0.6) is 0 Å². The van der Waals surface area contributed by atoms with Crippen LogP contribution < -0.4 is 5.32 Å². The van der Waals surface area contributed by atoms with E-state index >= 15 is 0 Å². The van der Waals surface area contributed by atoms with E-state index in [1.807, 2.05) is 42.2 Å². The number of nitrogens with zero attached hydrogens (tertiary/aromatic N) is 4. The van der Waals surface area contributed by atoms with Crippen LogP contribution in [0, 0.1) is 28.6 Å². The molecule has 4 atom stereocenters. The number of benzene rings is 1. The van der Waals surface area contributed by atoms with Crippen LogP contribution in [-0.4, -0.2) is 93.9 Å². The van der Waals surface area contributed by atoms with E-state index in [-0.39, 0.29) is 48.3 Å². The first kappa shape index (κ1) is 31.7. The van der Waals surface area contributed by atoms with Gasteiger partial charge in [-0.15, -0.1) is 0 Å². The zero-order valence-corrected chi connectivity index (χ0v) is 27.0. The maximum Gasteiger partial charge on any atom is 0.257 e. The van der Waals surface area contributed by atoms with Crippen LogP contribution in [0.25, 0.3) is 0 Å². The molecule has 0 radical (unpaired) electrons. The minimum atomic E-state index is -0.552. The molecule has 10 nitrogen and oxygen atoms in total. The van der Waals surface area contributed by atoms with Crippen molar-refractivity contribution in [1.82, 2.24) is 24.9 Å². The maximum absolute atomic E-state index is 13.9. The average molecular weight is 620 g/mol. The summed E-state index contributed by atoms with van der Waals surface area (Å²) in [5.41, 5.74) is 1.06. The summed E-state index contributed by atoms with van der Waals surface area (Å²) in [5.74, 6) is -0.166. The number of amides is 3. The number of nitrogens with one attached hydrogen (secondary N) is 1. The van der Waals surface area contributed by atoms with Crippen LogP contribution >= 0.6 is 0 Å².